The van der Waals surface area contributed by atoms with Gasteiger partial charge >= 0.3 is 0 Å². The van der Waals surface area contributed by atoms with Crippen molar-refractivity contribution in [3.05, 3.63) is 93.6 Å². The van der Waals surface area contributed by atoms with Crippen molar-refractivity contribution in [3.8, 4) is 0 Å². The van der Waals surface area contributed by atoms with E-state index in [2.05, 4.69) is 28.9 Å². The molecule has 9 heteroatoms. The van der Waals surface area contributed by atoms with Gasteiger partial charge in [0, 0.05) is 30.1 Å². The van der Waals surface area contributed by atoms with Crippen molar-refractivity contribution >= 4 is 68.6 Å². The highest BCUT2D eigenvalue weighted by Crippen LogP contribution is 2.51. The summed E-state index contributed by atoms with van der Waals surface area (Å²) in [5, 5.41) is 2.31. The van der Waals surface area contributed by atoms with E-state index in [1.165, 1.54) is 17.3 Å². The number of anilines is 1. The molecule has 0 aliphatic carbocycles. The van der Waals surface area contributed by atoms with Crippen LogP contribution in [0.2, 0.25) is 5.02 Å². The molecule has 0 spiro atoms. The number of amides is 1. The van der Waals surface area contributed by atoms with Crippen LogP contribution in [0, 0.1) is 0 Å². The highest BCUT2D eigenvalue weighted by molar-refractivity contribution is 8.19. The molecule has 6 nitrogen and oxygen atoms in total. The van der Waals surface area contributed by atoms with Gasteiger partial charge in [-0.25, -0.2) is 9.98 Å². The van der Waals surface area contributed by atoms with Gasteiger partial charge in [-0.1, -0.05) is 53.7 Å². The minimum absolute atomic E-state index is 0.0153. The first-order valence-corrected chi connectivity index (χ1v) is 14.1. The molecular formula is C28H24ClN5OS2. The molecular weight excluding hydrogens is 522 g/mol. The number of benzene rings is 3. The zero-order chi connectivity index (χ0) is 25.5. The quantitative estimate of drug-likeness (QED) is 0.257. The monoisotopic (exact) mass is 545 g/mol. The normalized spacial score (nSPS) is 18.5. The second kappa shape index (κ2) is 9.93. The number of hydrogen-bond donors (Lipinski definition) is 0. The Morgan fingerprint density at radius 2 is 1.84 bits per heavy atom. The number of aryl methyl sites for hydroxylation is 1. The third kappa shape index (κ3) is 4.54. The van der Waals surface area contributed by atoms with Crippen LogP contribution < -0.4 is 4.90 Å². The fourth-order valence-corrected chi connectivity index (χ4v) is 7.11. The molecule has 4 aromatic rings. The van der Waals surface area contributed by atoms with Crippen LogP contribution in [0.1, 0.15) is 12.5 Å². The summed E-state index contributed by atoms with van der Waals surface area (Å²) in [6.45, 7) is 3.37. The number of nitrogens with zero attached hydrogens (tertiary/aromatic N) is 5. The lowest BCUT2D eigenvalue weighted by Gasteiger charge is -2.19. The molecule has 0 radical (unpaired) electrons. The van der Waals surface area contributed by atoms with Crippen LogP contribution in [0.25, 0.3) is 11.0 Å². The molecule has 37 heavy (non-hydrogen) atoms. The zero-order valence-corrected chi connectivity index (χ0v) is 22.8. The van der Waals surface area contributed by atoms with E-state index in [0.717, 1.165) is 45.3 Å². The number of rotatable bonds is 5. The highest BCUT2D eigenvalue weighted by Gasteiger charge is 2.39. The summed E-state index contributed by atoms with van der Waals surface area (Å²) in [5.74, 6) is -0.0153. The topological polar surface area (TPSA) is 53.7 Å². The van der Waals surface area contributed by atoms with E-state index < -0.39 is 0 Å². The zero-order valence-electron chi connectivity index (χ0n) is 20.4. The minimum Gasteiger partial charge on any atom is -0.334 e. The summed E-state index contributed by atoms with van der Waals surface area (Å²) in [6.07, 6.45) is 2.54. The molecule has 1 amide bonds. The number of aliphatic imine (C=N–C) groups is 1. The van der Waals surface area contributed by atoms with Gasteiger partial charge in [0.1, 0.15) is 9.93 Å². The van der Waals surface area contributed by atoms with Crippen LogP contribution in [-0.4, -0.2) is 38.6 Å². The van der Waals surface area contributed by atoms with Gasteiger partial charge in [0.15, 0.2) is 5.17 Å². The summed E-state index contributed by atoms with van der Waals surface area (Å²) < 4.78 is 1.98. The molecule has 1 fully saturated rings. The Morgan fingerprint density at radius 1 is 1.00 bits per heavy atom. The van der Waals surface area contributed by atoms with Gasteiger partial charge in [-0.3, -0.25) is 9.69 Å². The maximum absolute atomic E-state index is 13.9. The third-order valence-corrected chi connectivity index (χ3v) is 9.05. The first-order valence-electron chi connectivity index (χ1n) is 12.0. The number of amidine groups is 1. The molecule has 0 saturated carbocycles. The van der Waals surface area contributed by atoms with Crippen molar-refractivity contribution in [2.75, 3.05) is 18.0 Å². The van der Waals surface area contributed by atoms with Gasteiger partial charge in [0.2, 0.25) is 0 Å². The Hall–Kier alpha value is -3.20. The van der Waals surface area contributed by atoms with Crippen LogP contribution in [0.4, 0.5) is 11.4 Å². The average Bonchev–Trinajstić information content (AvgIpc) is 3.55. The largest absolute Gasteiger partial charge is 0.334 e. The SMILES string of the molecule is CCN1C(=C2SC(=Nc3ccc4c(c3)ncn4C)N(CCc3ccccc3)C2=O)Sc2ccc(Cl)cc21. The Morgan fingerprint density at radius 3 is 2.65 bits per heavy atom. The lowest BCUT2D eigenvalue weighted by molar-refractivity contribution is -0.122. The standard InChI is InChI=1S/C28H24ClN5OS2/c1-3-33-23-15-19(29)9-12-24(23)36-27(33)25-26(35)34(14-13-18-7-5-4-6-8-18)28(37-25)31-20-10-11-22-21(16-20)30-17-32(22)2/h4-12,15-17H,3,13-14H2,1-2H3. The maximum Gasteiger partial charge on any atom is 0.269 e. The Kier molecular flexibility index (Phi) is 6.48. The van der Waals surface area contributed by atoms with Crippen molar-refractivity contribution in [1.29, 1.82) is 0 Å². The second-order valence-corrected chi connectivity index (χ2v) is 11.3. The number of aromatic nitrogens is 2. The molecule has 2 aliphatic rings. The lowest BCUT2D eigenvalue weighted by atomic mass is 10.1. The number of thioether (sulfide) groups is 2. The van der Waals surface area contributed by atoms with E-state index in [-0.39, 0.29) is 5.91 Å². The average molecular weight is 546 g/mol. The predicted octanol–water partition coefficient (Wildman–Crippen LogP) is 6.83. The van der Waals surface area contributed by atoms with Crippen molar-refractivity contribution in [2.24, 2.45) is 12.0 Å². The summed E-state index contributed by atoms with van der Waals surface area (Å²) in [6, 6.07) is 22.1. The summed E-state index contributed by atoms with van der Waals surface area (Å²) in [5.41, 5.74) is 4.92. The molecule has 3 heterocycles. The smallest absolute Gasteiger partial charge is 0.269 e. The number of hydrogen-bond acceptors (Lipinski definition) is 6. The molecule has 0 N–H and O–H groups in total. The van der Waals surface area contributed by atoms with Crippen molar-refractivity contribution in [3.63, 3.8) is 0 Å². The Bertz CT molecular complexity index is 1580. The van der Waals surface area contributed by atoms with Gasteiger partial charge in [-0.2, -0.15) is 0 Å². The van der Waals surface area contributed by atoms with Gasteiger partial charge < -0.3 is 9.47 Å². The number of fused-ring (bicyclic) bond motifs is 2. The molecule has 0 unspecified atom stereocenters. The number of halogens is 1. The fourth-order valence-electron chi connectivity index (χ4n) is 4.54. The van der Waals surface area contributed by atoms with Gasteiger partial charge in [0.25, 0.3) is 5.91 Å². The summed E-state index contributed by atoms with van der Waals surface area (Å²) >= 11 is 9.37. The van der Waals surface area contributed by atoms with E-state index in [1.807, 2.05) is 71.1 Å². The molecule has 186 valence electrons. The van der Waals surface area contributed by atoms with E-state index in [9.17, 15) is 4.79 Å². The number of carbonyl (C=O) groups excluding carboxylic acids is 1. The van der Waals surface area contributed by atoms with Crippen LogP contribution in [0.5, 0.6) is 0 Å². The van der Waals surface area contributed by atoms with Gasteiger partial charge in [-0.05, 0) is 67.1 Å². The fraction of sp³-hybridized carbons (Fsp3) is 0.179. The minimum atomic E-state index is -0.0153. The van der Waals surface area contributed by atoms with Crippen molar-refractivity contribution in [1.82, 2.24) is 14.5 Å². The van der Waals surface area contributed by atoms with E-state index in [0.29, 0.717) is 21.6 Å². The predicted molar refractivity (Wildman–Crippen MR) is 155 cm³/mol. The van der Waals surface area contributed by atoms with Crippen LogP contribution in [0.15, 0.2) is 92.9 Å². The molecule has 6 rings (SSSR count). The molecule has 0 bridgehead atoms. The maximum atomic E-state index is 13.9. The molecule has 1 aromatic heterocycles. The Labute approximate surface area is 229 Å². The van der Waals surface area contributed by atoms with E-state index >= 15 is 0 Å². The third-order valence-electron chi connectivity index (χ3n) is 6.44. The molecule has 0 atom stereocenters. The van der Waals surface area contributed by atoms with Crippen molar-refractivity contribution < 1.29 is 4.79 Å². The van der Waals surface area contributed by atoms with Crippen LogP contribution in [0.3, 0.4) is 0 Å². The highest BCUT2D eigenvalue weighted by atomic mass is 35.5. The van der Waals surface area contributed by atoms with Crippen LogP contribution >= 0.6 is 35.1 Å². The molecule has 1 saturated heterocycles. The summed E-state index contributed by atoms with van der Waals surface area (Å²) in [7, 11) is 1.97. The van der Waals surface area contributed by atoms with E-state index in [1.54, 1.807) is 18.1 Å². The molecule has 3 aromatic carbocycles. The second-order valence-electron chi connectivity index (χ2n) is 8.81. The van der Waals surface area contributed by atoms with Gasteiger partial charge in [-0.15, -0.1) is 0 Å². The number of imidazole rings is 1. The van der Waals surface area contributed by atoms with Crippen LogP contribution in [-0.2, 0) is 18.3 Å². The first kappa shape index (κ1) is 24.2. The number of carbonyl (C=O) groups is 1. The molecule has 2 aliphatic heterocycles. The Balaban J connectivity index is 1.39. The van der Waals surface area contributed by atoms with Gasteiger partial charge in [0.05, 0.1) is 28.7 Å². The summed E-state index contributed by atoms with van der Waals surface area (Å²) in [4.78, 5) is 29.1. The lowest BCUT2D eigenvalue weighted by Crippen LogP contribution is -2.32. The van der Waals surface area contributed by atoms with Crippen molar-refractivity contribution in [2.45, 2.75) is 18.2 Å². The first-order chi connectivity index (χ1) is 18.0. The van der Waals surface area contributed by atoms with E-state index in [4.69, 9.17) is 16.6 Å².